The number of aromatic nitrogens is 2. The fourth-order valence-corrected chi connectivity index (χ4v) is 4.23. The normalized spacial score (nSPS) is 11.2. The lowest BCUT2D eigenvalue weighted by Gasteiger charge is -2.09. The highest BCUT2D eigenvalue weighted by atomic mass is 35.5. The highest BCUT2D eigenvalue weighted by Gasteiger charge is 2.16. The molecule has 0 unspecified atom stereocenters. The molecule has 0 saturated carbocycles. The third kappa shape index (κ3) is 2.87. The Labute approximate surface area is 157 Å². The summed E-state index contributed by atoms with van der Waals surface area (Å²) in [6, 6.07) is 14.7. The molecule has 0 spiro atoms. The molecule has 0 radical (unpaired) electrons. The van der Waals surface area contributed by atoms with Crippen LogP contribution in [0.4, 0.5) is 5.69 Å². The van der Waals surface area contributed by atoms with Gasteiger partial charge in [-0.3, -0.25) is 9.59 Å². The van der Waals surface area contributed by atoms with Crippen LogP contribution in [0.25, 0.3) is 20.2 Å². The number of fused-ring (bicyclic) bond motifs is 3. The first-order valence-electron chi connectivity index (χ1n) is 7.98. The Kier molecular flexibility index (Phi) is 4.22. The smallest absolute Gasteiger partial charge is 0.276 e. The highest BCUT2D eigenvalue weighted by molar-refractivity contribution is 7.26. The molecule has 4 aromatic rings. The maximum absolute atomic E-state index is 12.9. The van der Waals surface area contributed by atoms with E-state index in [1.165, 1.54) is 4.68 Å². The number of halogens is 1. The molecule has 130 valence electrons. The van der Waals surface area contributed by atoms with Gasteiger partial charge in [0.1, 0.15) is 6.54 Å². The number of aryl methyl sites for hydroxylation is 1. The van der Waals surface area contributed by atoms with Crippen molar-refractivity contribution in [2.24, 2.45) is 0 Å². The van der Waals surface area contributed by atoms with Crippen molar-refractivity contribution in [1.29, 1.82) is 0 Å². The first kappa shape index (κ1) is 16.8. The summed E-state index contributed by atoms with van der Waals surface area (Å²) in [6.45, 7) is 1.67. The third-order valence-electron chi connectivity index (χ3n) is 4.08. The van der Waals surface area contributed by atoms with Gasteiger partial charge in [0.25, 0.3) is 5.56 Å². The number of hydrogen-bond donors (Lipinski definition) is 1. The van der Waals surface area contributed by atoms with E-state index in [2.05, 4.69) is 10.4 Å². The first-order valence-corrected chi connectivity index (χ1v) is 9.17. The second-order valence-corrected chi connectivity index (χ2v) is 7.34. The Morgan fingerprint density at radius 3 is 2.73 bits per heavy atom. The van der Waals surface area contributed by atoms with Crippen LogP contribution in [0, 0.1) is 6.92 Å². The predicted molar refractivity (Wildman–Crippen MR) is 106 cm³/mol. The zero-order valence-electron chi connectivity index (χ0n) is 13.8. The molecule has 0 aliphatic heterocycles. The Balaban J connectivity index is 1.74. The molecule has 2 aromatic heterocycles. The van der Waals surface area contributed by atoms with E-state index in [0.29, 0.717) is 16.1 Å². The van der Waals surface area contributed by atoms with Gasteiger partial charge in [-0.05, 0) is 25.1 Å². The lowest BCUT2D eigenvalue weighted by Crippen LogP contribution is -2.30. The van der Waals surface area contributed by atoms with E-state index in [1.807, 2.05) is 31.2 Å². The van der Waals surface area contributed by atoms with Gasteiger partial charge in [-0.1, -0.05) is 41.9 Å². The van der Waals surface area contributed by atoms with Crippen LogP contribution in [-0.2, 0) is 11.3 Å². The second-order valence-electron chi connectivity index (χ2n) is 5.88. The SMILES string of the molecule is Cc1nn(CC(=O)Nc2ccccc2Cl)c(=O)c2c1sc1ccccc12. The molecule has 4 rings (SSSR count). The molecular weight excluding hydrogens is 370 g/mol. The van der Waals surface area contributed by atoms with Crippen molar-refractivity contribution in [1.82, 2.24) is 9.78 Å². The predicted octanol–water partition coefficient (Wildman–Crippen LogP) is 4.21. The van der Waals surface area contributed by atoms with Crippen molar-refractivity contribution in [3.63, 3.8) is 0 Å². The quantitative estimate of drug-likeness (QED) is 0.576. The van der Waals surface area contributed by atoms with Gasteiger partial charge in [0.05, 0.1) is 26.5 Å². The van der Waals surface area contributed by atoms with E-state index < -0.39 is 0 Å². The number of thiophene rings is 1. The van der Waals surface area contributed by atoms with Gasteiger partial charge in [-0.15, -0.1) is 11.3 Å². The average molecular weight is 384 g/mol. The molecule has 0 bridgehead atoms. The van der Waals surface area contributed by atoms with Crippen LogP contribution in [0.1, 0.15) is 5.69 Å². The molecule has 2 aromatic carbocycles. The summed E-state index contributed by atoms with van der Waals surface area (Å²) in [4.78, 5) is 25.3. The van der Waals surface area contributed by atoms with Crippen LogP contribution in [-0.4, -0.2) is 15.7 Å². The number of nitrogens with one attached hydrogen (secondary N) is 1. The van der Waals surface area contributed by atoms with Crippen LogP contribution in [0.3, 0.4) is 0 Å². The highest BCUT2D eigenvalue weighted by Crippen LogP contribution is 2.32. The minimum absolute atomic E-state index is 0.176. The summed E-state index contributed by atoms with van der Waals surface area (Å²) < 4.78 is 3.10. The van der Waals surface area contributed by atoms with E-state index in [9.17, 15) is 9.59 Å². The number of benzene rings is 2. The number of carbonyl (C=O) groups excluding carboxylic acids is 1. The minimum Gasteiger partial charge on any atom is -0.323 e. The van der Waals surface area contributed by atoms with E-state index in [-0.39, 0.29) is 18.0 Å². The van der Waals surface area contributed by atoms with Gasteiger partial charge in [0.2, 0.25) is 5.91 Å². The molecule has 7 heteroatoms. The van der Waals surface area contributed by atoms with E-state index >= 15 is 0 Å². The van der Waals surface area contributed by atoms with Gasteiger partial charge >= 0.3 is 0 Å². The van der Waals surface area contributed by atoms with Crippen molar-refractivity contribution in [3.8, 4) is 0 Å². The molecule has 0 fully saturated rings. The first-order chi connectivity index (χ1) is 12.5. The molecule has 5 nitrogen and oxygen atoms in total. The number of anilines is 1. The monoisotopic (exact) mass is 383 g/mol. The molecule has 0 aliphatic carbocycles. The zero-order valence-corrected chi connectivity index (χ0v) is 15.4. The van der Waals surface area contributed by atoms with Crippen molar-refractivity contribution in [2.45, 2.75) is 13.5 Å². The topological polar surface area (TPSA) is 64.0 Å². The second kappa shape index (κ2) is 6.55. The van der Waals surface area contributed by atoms with Crippen LogP contribution in [0.2, 0.25) is 5.02 Å². The molecule has 26 heavy (non-hydrogen) atoms. The Bertz CT molecular complexity index is 1210. The standard InChI is InChI=1S/C19H14ClN3O2S/c1-11-18-17(12-6-2-5-9-15(12)26-18)19(25)23(22-11)10-16(24)21-14-8-4-3-7-13(14)20/h2-9H,10H2,1H3,(H,21,24). The maximum Gasteiger partial charge on any atom is 0.276 e. The van der Waals surface area contributed by atoms with Crippen molar-refractivity contribution in [3.05, 3.63) is 69.6 Å². The van der Waals surface area contributed by atoms with Crippen molar-refractivity contribution < 1.29 is 4.79 Å². The third-order valence-corrected chi connectivity index (χ3v) is 5.69. The van der Waals surface area contributed by atoms with Gasteiger partial charge in [-0.25, -0.2) is 4.68 Å². The minimum atomic E-state index is -0.356. The number of nitrogens with zero attached hydrogens (tertiary/aromatic N) is 2. The summed E-state index contributed by atoms with van der Waals surface area (Å²) in [6.07, 6.45) is 0. The lowest BCUT2D eigenvalue weighted by molar-refractivity contribution is -0.117. The fourth-order valence-electron chi connectivity index (χ4n) is 2.91. The number of carbonyl (C=O) groups is 1. The summed E-state index contributed by atoms with van der Waals surface area (Å²) in [5, 5.41) is 8.99. The van der Waals surface area contributed by atoms with Gasteiger partial charge in [-0.2, -0.15) is 5.10 Å². The van der Waals surface area contributed by atoms with E-state index in [0.717, 1.165) is 20.5 Å². The molecule has 0 atom stereocenters. The molecule has 2 heterocycles. The van der Waals surface area contributed by atoms with Crippen LogP contribution in [0.5, 0.6) is 0 Å². The zero-order chi connectivity index (χ0) is 18.3. The summed E-state index contributed by atoms with van der Waals surface area (Å²) in [5.41, 5.74) is 0.967. The molecule has 0 aliphatic rings. The lowest BCUT2D eigenvalue weighted by atomic mass is 10.2. The molecule has 1 N–H and O–H groups in total. The summed E-state index contributed by atoms with van der Waals surface area (Å²) >= 11 is 7.60. The van der Waals surface area contributed by atoms with Crippen LogP contribution >= 0.6 is 22.9 Å². The summed E-state index contributed by atoms with van der Waals surface area (Å²) in [5.74, 6) is -0.356. The Morgan fingerprint density at radius 2 is 1.92 bits per heavy atom. The van der Waals surface area contributed by atoms with Crippen LogP contribution < -0.4 is 10.9 Å². The molecule has 1 amide bonds. The largest absolute Gasteiger partial charge is 0.323 e. The van der Waals surface area contributed by atoms with Crippen LogP contribution in [0.15, 0.2) is 53.3 Å². The number of para-hydroxylation sites is 1. The van der Waals surface area contributed by atoms with Gasteiger partial charge < -0.3 is 5.32 Å². The van der Waals surface area contributed by atoms with E-state index in [4.69, 9.17) is 11.6 Å². The van der Waals surface area contributed by atoms with Gasteiger partial charge in [0.15, 0.2) is 0 Å². The maximum atomic E-state index is 12.9. The van der Waals surface area contributed by atoms with Crippen molar-refractivity contribution in [2.75, 3.05) is 5.32 Å². The average Bonchev–Trinajstić information content (AvgIpc) is 3.02. The number of hydrogen-bond acceptors (Lipinski definition) is 4. The molecular formula is C19H14ClN3O2S. The number of amides is 1. The fraction of sp³-hybridized carbons (Fsp3) is 0.105. The van der Waals surface area contributed by atoms with E-state index in [1.54, 1.807) is 35.6 Å². The Hall–Kier alpha value is -2.70. The van der Waals surface area contributed by atoms with Crippen molar-refractivity contribution >= 4 is 54.7 Å². The molecule has 0 saturated heterocycles. The Morgan fingerprint density at radius 1 is 1.19 bits per heavy atom. The summed E-state index contributed by atoms with van der Waals surface area (Å²) in [7, 11) is 0. The number of rotatable bonds is 3. The van der Waals surface area contributed by atoms with Gasteiger partial charge in [0, 0.05) is 10.1 Å².